The molecule has 4 rings (SSSR count). The first-order valence-corrected chi connectivity index (χ1v) is 8.06. The third-order valence-corrected chi connectivity index (χ3v) is 4.78. The molecule has 2 aliphatic rings. The molecule has 0 amide bonds. The van der Waals surface area contributed by atoms with Crippen LogP contribution in [0.15, 0.2) is 30.7 Å². The number of hydrogen-bond donors (Lipinski definition) is 0. The van der Waals surface area contributed by atoms with Crippen molar-refractivity contribution >= 4 is 0 Å². The van der Waals surface area contributed by atoms with Gasteiger partial charge in [0.25, 0.3) is 0 Å². The Bertz CT molecular complexity index is 610. The van der Waals surface area contributed by atoms with Gasteiger partial charge in [0.2, 0.25) is 0 Å². The molecule has 6 nitrogen and oxygen atoms in total. The van der Waals surface area contributed by atoms with E-state index >= 15 is 0 Å². The average Bonchev–Trinajstić information content (AvgIpc) is 2.87. The Kier molecular flexibility index (Phi) is 3.76. The van der Waals surface area contributed by atoms with Crippen molar-refractivity contribution < 1.29 is 4.74 Å². The molecule has 1 saturated carbocycles. The van der Waals surface area contributed by atoms with Crippen molar-refractivity contribution in [2.75, 3.05) is 6.61 Å². The molecule has 116 valence electrons. The summed E-state index contributed by atoms with van der Waals surface area (Å²) in [7, 11) is 0. The fourth-order valence-electron chi connectivity index (χ4n) is 3.30. The fourth-order valence-corrected chi connectivity index (χ4v) is 3.30. The number of aromatic nitrogens is 4. The third kappa shape index (κ3) is 2.70. The lowest BCUT2D eigenvalue weighted by molar-refractivity contribution is 0.0427. The summed E-state index contributed by atoms with van der Waals surface area (Å²) < 4.78 is 7.96. The Hall–Kier alpha value is -1.95. The van der Waals surface area contributed by atoms with E-state index in [9.17, 15) is 0 Å². The zero-order valence-electron chi connectivity index (χ0n) is 12.6. The first kappa shape index (κ1) is 13.7. The van der Waals surface area contributed by atoms with Gasteiger partial charge < -0.3 is 4.74 Å². The molecular formula is C16H21N5O. The summed E-state index contributed by atoms with van der Waals surface area (Å²) in [5.41, 5.74) is 1.31. The molecule has 0 saturated heterocycles. The van der Waals surface area contributed by atoms with Crippen LogP contribution in [0.5, 0.6) is 6.01 Å². The highest BCUT2D eigenvalue weighted by molar-refractivity contribution is 5.04. The van der Waals surface area contributed by atoms with Gasteiger partial charge in [0.15, 0.2) is 0 Å². The molecule has 0 N–H and O–H groups in total. The molecule has 0 radical (unpaired) electrons. The normalized spacial score (nSPS) is 22.6. The molecule has 1 aliphatic heterocycles. The number of hydrogen-bond acceptors (Lipinski definition) is 5. The number of fused-ring (bicyclic) bond motifs is 1. The van der Waals surface area contributed by atoms with Gasteiger partial charge in [0.1, 0.15) is 6.61 Å². The monoisotopic (exact) mass is 299 g/mol. The van der Waals surface area contributed by atoms with Crippen LogP contribution in [0, 0.1) is 0 Å². The van der Waals surface area contributed by atoms with E-state index in [4.69, 9.17) is 4.74 Å². The lowest BCUT2D eigenvalue weighted by Gasteiger charge is -2.41. The van der Waals surface area contributed by atoms with Crippen LogP contribution >= 0.6 is 0 Å². The number of aryl methyl sites for hydroxylation is 1. The van der Waals surface area contributed by atoms with Crippen LogP contribution < -0.4 is 4.74 Å². The molecule has 0 aromatic carbocycles. The lowest BCUT2D eigenvalue weighted by atomic mass is 9.90. The summed E-state index contributed by atoms with van der Waals surface area (Å²) in [5, 5.41) is 4.43. The van der Waals surface area contributed by atoms with Gasteiger partial charge in [-0.2, -0.15) is 5.10 Å². The van der Waals surface area contributed by atoms with Crippen molar-refractivity contribution in [1.29, 1.82) is 0 Å². The maximum Gasteiger partial charge on any atom is 0.316 e. The zero-order valence-corrected chi connectivity index (χ0v) is 12.6. The maximum atomic E-state index is 5.83. The Morgan fingerprint density at radius 1 is 1.14 bits per heavy atom. The van der Waals surface area contributed by atoms with Gasteiger partial charge in [0.05, 0.1) is 5.69 Å². The van der Waals surface area contributed by atoms with Crippen LogP contribution in [0.3, 0.4) is 0 Å². The van der Waals surface area contributed by atoms with Crippen molar-refractivity contribution in [3.63, 3.8) is 0 Å². The fraction of sp³-hybridized carbons (Fsp3) is 0.562. The highest BCUT2D eigenvalue weighted by Crippen LogP contribution is 2.30. The first-order chi connectivity index (χ1) is 10.9. The van der Waals surface area contributed by atoms with Crippen molar-refractivity contribution in [2.24, 2.45) is 0 Å². The Labute approximate surface area is 130 Å². The van der Waals surface area contributed by atoms with E-state index < -0.39 is 0 Å². The SMILES string of the molecule is c1cnc(OC[C@H]2CCn3nccc3CN2C2CCC2)nc1. The molecule has 1 fully saturated rings. The Morgan fingerprint density at radius 3 is 2.77 bits per heavy atom. The van der Waals surface area contributed by atoms with Gasteiger partial charge >= 0.3 is 6.01 Å². The van der Waals surface area contributed by atoms with Crippen molar-refractivity contribution in [2.45, 2.75) is 50.9 Å². The highest BCUT2D eigenvalue weighted by atomic mass is 16.5. The van der Waals surface area contributed by atoms with Crippen LogP contribution in [-0.2, 0) is 13.1 Å². The van der Waals surface area contributed by atoms with E-state index in [2.05, 4.69) is 30.7 Å². The average molecular weight is 299 g/mol. The molecule has 22 heavy (non-hydrogen) atoms. The summed E-state index contributed by atoms with van der Waals surface area (Å²) >= 11 is 0. The molecule has 3 heterocycles. The molecule has 6 heteroatoms. The minimum Gasteiger partial charge on any atom is -0.462 e. The van der Waals surface area contributed by atoms with Crippen LogP contribution in [-0.4, -0.2) is 43.3 Å². The van der Waals surface area contributed by atoms with E-state index in [-0.39, 0.29) is 0 Å². The van der Waals surface area contributed by atoms with Gasteiger partial charge in [-0.15, -0.1) is 0 Å². The second-order valence-corrected chi connectivity index (χ2v) is 6.09. The number of nitrogens with zero attached hydrogens (tertiary/aromatic N) is 5. The molecule has 2 aromatic heterocycles. The molecule has 0 bridgehead atoms. The molecule has 1 atom stereocenters. The molecule has 0 spiro atoms. The van der Waals surface area contributed by atoms with Crippen LogP contribution in [0.25, 0.3) is 0 Å². The minimum atomic E-state index is 0.399. The van der Waals surface area contributed by atoms with E-state index in [1.54, 1.807) is 18.5 Å². The number of rotatable bonds is 4. The Morgan fingerprint density at radius 2 is 2.00 bits per heavy atom. The molecular weight excluding hydrogens is 278 g/mol. The van der Waals surface area contributed by atoms with Crippen LogP contribution in [0.1, 0.15) is 31.4 Å². The van der Waals surface area contributed by atoms with E-state index in [0.717, 1.165) is 19.5 Å². The minimum absolute atomic E-state index is 0.399. The van der Waals surface area contributed by atoms with Gasteiger partial charge in [-0.1, -0.05) is 6.42 Å². The lowest BCUT2D eigenvalue weighted by Crippen LogP contribution is -2.48. The maximum absolute atomic E-state index is 5.83. The van der Waals surface area contributed by atoms with Crippen LogP contribution in [0.4, 0.5) is 0 Å². The predicted molar refractivity (Wildman–Crippen MR) is 81.3 cm³/mol. The van der Waals surface area contributed by atoms with Gasteiger partial charge in [-0.25, -0.2) is 9.97 Å². The highest BCUT2D eigenvalue weighted by Gasteiger charge is 2.33. The smallest absolute Gasteiger partial charge is 0.316 e. The third-order valence-electron chi connectivity index (χ3n) is 4.78. The van der Waals surface area contributed by atoms with E-state index in [0.29, 0.717) is 24.7 Å². The molecule has 2 aromatic rings. The van der Waals surface area contributed by atoms with E-state index in [1.165, 1.54) is 25.0 Å². The van der Waals surface area contributed by atoms with Crippen molar-refractivity contribution in [1.82, 2.24) is 24.6 Å². The standard InChI is InChI=1S/C16H21N5O/c1-3-13(4-1)20-11-14-5-9-19-21(14)10-6-15(20)12-22-16-17-7-2-8-18-16/h2,5,7-9,13,15H,1,3-4,6,10-12H2/t15-/m1/s1. The van der Waals surface area contributed by atoms with Crippen molar-refractivity contribution in [3.8, 4) is 6.01 Å². The summed E-state index contributed by atoms with van der Waals surface area (Å²) in [6.07, 6.45) is 10.3. The predicted octanol–water partition coefficient (Wildman–Crippen LogP) is 1.88. The quantitative estimate of drug-likeness (QED) is 0.863. The molecule has 0 unspecified atom stereocenters. The second kappa shape index (κ2) is 6.04. The summed E-state index contributed by atoms with van der Waals surface area (Å²) in [5.74, 6) is 0. The topological polar surface area (TPSA) is 56.1 Å². The van der Waals surface area contributed by atoms with Gasteiger partial charge in [-0.05, 0) is 31.4 Å². The second-order valence-electron chi connectivity index (χ2n) is 6.09. The summed E-state index contributed by atoms with van der Waals surface area (Å²) in [4.78, 5) is 10.9. The number of ether oxygens (including phenoxy) is 1. The van der Waals surface area contributed by atoms with Gasteiger partial charge in [0, 0.05) is 43.8 Å². The zero-order chi connectivity index (χ0) is 14.8. The summed E-state index contributed by atoms with van der Waals surface area (Å²) in [6.45, 7) is 2.56. The van der Waals surface area contributed by atoms with Crippen LogP contribution in [0.2, 0.25) is 0 Å². The van der Waals surface area contributed by atoms with E-state index in [1.807, 2.05) is 6.20 Å². The molecule has 1 aliphatic carbocycles. The van der Waals surface area contributed by atoms with Gasteiger partial charge in [-0.3, -0.25) is 9.58 Å². The largest absolute Gasteiger partial charge is 0.462 e. The summed E-state index contributed by atoms with van der Waals surface area (Å²) in [6, 6.07) is 5.49. The van der Waals surface area contributed by atoms with Crippen molar-refractivity contribution in [3.05, 3.63) is 36.4 Å². The first-order valence-electron chi connectivity index (χ1n) is 8.06. The Balaban J connectivity index is 1.48.